The number of hydrogen-bond acceptors (Lipinski definition) is 4. The van der Waals surface area contributed by atoms with Gasteiger partial charge in [-0.3, -0.25) is 4.79 Å². The van der Waals surface area contributed by atoms with Crippen LogP contribution in [0.2, 0.25) is 5.02 Å². The van der Waals surface area contributed by atoms with Gasteiger partial charge in [0.05, 0.1) is 0 Å². The number of amides is 3. The maximum atomic E-state index is 13.0. The number of hydrogen-bond donors (Lipinski definition) is 3. The Labute approximate surface area is 204 Å². The molecule has 1 aliphatic heterocycles. The molecule has 10 heteroatoms. The number of nitrogens with zero attached hydrogens (tertiary/aromatic N) is 4. The molecule has 0 unspecified atom stereocenters. The number of urea groups is 1. The summed E-state index contributed by atoms with van der Waals surface area (Å²) in [7, 11) is 1.88. The second-order valence-corrected chi connectivity index (χ2v) is 8.85. The average Bonchev–Trinajstić information content (AvgIpc) is 3.15. The van der Waals surface area contributed by atoms with Crippen molar-refractivity contribution in [2.75, 3.05) is 35.7 Å². The second kappa shape index (κ2) is 11.4. The van der Waals surface area contributed by atoms with Gasteiger partial charge in [-0.25, -0.2) is 4.79 Å². The first-order chi connectivity index (χ1) is 16.3. The quantitative estimate of drug-likeness (QED) is 0.515. The van der Waals surface area contributed by atoms with Crippen molar-refractivity contribution in [1.29, 1.82) is 5.26 Å². The summed E-state index contributed by atoms with van der Waals surface area (Å²) in [5.74, 6) is 0.478. The van der Waals surface area contributed by atoms with Crippen molar-refractivity contribution in [3.8, 4) is 6.19 Å². The van der Waals surface area contributed by atoms with Crippen molar-refractivity contribution in [3.05, 3.63) is 53.6 Å². The van der Waals surface area contributed by atoms with E-state index in [1.54, 1.807) is 36.4 Å². The van der Waals surface area contributed by atoms with Crippen LogP contribution < -0.4 is 20.9 Å². The molecular weight excluding hydrogens is 454 g/mol. The smallest absolute Gasteiger partial charge is 0.319 e. The fourth-order valence-corrected chi connectivity index (χ4v) is 3.73. The van der Waals surface area contributed by atoms with Crippen LogP contribution in [0.25, 0.3) is 0 Å². The SMILES string of the molecule is CC(C)C[C@@H](NC(=O)Nc1ccc(Cl)cc1)C(=O)Nc1ccc(N2CCN(C)/C2=N\C#N)cc1. The highest BCUT2D eigenvalue weighted by molar-refractivity contribution is 6.30. The van der Waals surface area contributed by atoms with Crippen LogP contribution in [0.4, 0.5) is 21.9 Å². The summed E-state index contributed by atoms with van der Waals surface area (Å²) in [6.45, 7) is 5.45. The van der Waals surface area contributed by atoms with E-state index in [9.17, 15) is 9.59 Å². The molecule has 1 atom stereocenters. The molecule has 1 fully saturated rings. The molecule has 1 saturated heterocycles. The highest BCUT2D eigenvalue weighted by Gasteiger charge is 2.25. The molecule has 0 radical (unpaired) electrons. The van der Waals surface area contributed by atoms with Crippen molar-refractivity contribution in [1.82, 2.24) is 10.2 Å². The number of halogens is 1. The van der Waals surface area contributed by atoms with Gasteiger partial charge in [-0.15, -0.1) is 4.99 Å². The Morgan fingerprint density at radius 2 is 1.68 bits per heavy atom. The van der Waals surface area contributed by atoms with E-state index in [4.69, 9.17) is 16.9 Å². The summed E-state index contributed by atoms with van der Waals surface area (Å²) in [4.78, 5) is 33.2. The predicted octanol–water partition coefficient (Wildman–Crippen LogP) is 4.10. The lowest BCUT2D eigenvalue weighted by Crippen LogP contribution is -2.46. The first-order valence-electron chi connectivity index (χ1n) is 11.0. The Bertz CT molecular complexity index is 1080. The zero-order valence-corrected chi connectivity index (χ0v) is 20.1. The number of rotatable bonds is 7. The van der Waals surface area contributed by atoms with Crippen LogP contribution in [-0.4, -0.2) is 49.0 Å². The van der Waals surface area contributed by atoms with E-state index >= 15 is 0 Å². The van der Waals surface area contributed by atoms with E-state index in [0.29, 0.717) is 35.3 Å². The Morgan fingerprint density at radius 1 is 1.06 bits per heavy atom. The fraction of sp³-hybridized carbons (Fsp3) is 0.333. The van der Waals surface area contributed by atoms with Gasteiger partial charge in [0.25, 0.3) is 0 Å². The second-order valence-electron chi connectivity index (χ2n) is 8.41. The Hall–Kier alpha value is -3.77. The van der Waals surface area contributed by atoms with E-state index in [0.717, 1.165) is 12.2 Å². The molecule has 3 N–H and O–H groups in total. The molecule has 34 heavy (non-hydrogen) atoms. The largest absolute Gasteiger partial charge is 0.343 e. The third-order valence-electron chi connectivity index (χ3n) is 5.27. The summed E-state index contributed by atoms with van der Waals surface area (Å²) in [5, 5.41) is 17.9. The number of carbonyl (C=O) groups excluding carboxylic acids is 2. The molecule has 1 aliphatic rings. The van der Waals surface area contributed by atoms with Crippen LogP contribution >= 0.6 is 11.6 Å². The predicted molar refractivity (Wildman–Crippen MR) is 135 cm³/mol. The number of nitriles is 1. The molecule has 0 aliphatic carbocycles. The van der Waals surface area contributed by atoms with Gasteiger partial charge >= 0.3 is 6.03 Å². The van der Waals surface area contributed by atoms with Crippen molar-refractivity contribution >= 4 is 46.6 Å². The maximum Gasteiger partial charge on any atom is 0.319 e. The third-order valence-corrected chi connectivity index (χ3v) is 5.52. The Kier molecular flexibility index (Phi) is 8.33. The van der Waals surface area contributed by atoms with Gasteiger partial charge in [-0.1, -0.05) is 25.4 Å². The van der Waals surface area contributed by atoms with Gasteiger partial charge in [-0.2, -0.15) is 5.26 Å². The lowest BCUT2D eigenvalue weighted by molar-refractivity contribution is -0.118. The number of carbonyl (C=O) groups is 2. The van der Waals surface area contributed by atoms with Gasteiger partial charge in [0.2, 0.25) is 18.1 Å². The summed E-state index contributed by atoms with van der Waals surface area (Å²) in [6, 6.07) is 12.8. The molecule has 2 aromatic carbocycles. The van der Waals surface area contributed by atoms with Gasteiger partial charge in [0.15, 0.2) is 0 Å². The molecule has 0 bridgehead atoms. The van der Waals surface area contributed by atoms with Gasteiger partial charge < -0.3 is 25.8 Å². The van der Waals surface area contributed by atoms with E-state index in [1.165, 1.54) is 0 Å². The molecule has 3 rings (SSSR count). The molecular formula is C24H28ClN7O2. The summed E-state index contributed by atoms with van der Waals surface area (Å²) in [5.41, 5.74) is 2.05. The highest BCUT2D eigenvalue weighted by atomic mass is 35.5. The van der Waals surface area contributed by atoms with Crippen molar-refractivity contribution in [2.45, 2.75) is 26.3 Å². The summed E-state index contributed by atoms with van der Waals surface area (Å²) in [6.07, 6.45) is 2.32. The zero-order valence-electron chi connectivity index (χ0n) is 19.4. The number of likely N-dealkylation sites (N-methyl/N-ethyl adjacent to an activating group) is 1. The third kappa shape index (κ3) is 6.62. The maximum absolute atomic E-state index is 13.0. The monoisotopic (exact) mass is 481 g/mol. The van der Waals surface area contributed by atoms with E-state index in [2.05, 4.69) is 20.9 Å². The van der Waals surface area contributed by atoms with Crippen LogP contribution in [0.15, 0.2) is 53.5 Å². The summed E-state index contributed by atoms with van der Waals surface area (Å²) >= 11 is 5.88. The number of aliphatic imine (C=N–C) groups is 1. The zero-order chi connectivity index (χ0) is 24.7. The topological polar surface area (TPSA) is 113 Å². The minimum Gasteiger partial charge on any atom is -0.343 e. The Balaban J connectivity index is 1.64. The van der Waals surface area contributed by atoms with Crippen LogP contribution in [0, 0.1) is 17.4 Å². The van der Waals surface area contributed by atoms with Crippen molar-refractivity contribution < 1.29 is 9.59 Å². The molecule has 0 spiro atoms. The minimum absolute atomic E-state index is 0.193. The van der Waals surface area contributed by atoms with Crippen LogP contribution in [-0.2, 0) is 4.79 Å². The van der Waals surface area contributed by atoms with Crippen LogP contribution in [0.3, 0.4) is 0 Å². The first kappa shape index (κ1) is 24.9. The van der Waals surface area contributed by atoms with E-state index < -0.39 is 12.1 Å². The average molecular weight is 482 g/mol. The fourth-order valence-electron chi connectivity index (χ4n) is 3.61. The van der Waals surface area contributed by atoms with Crippen molar-refractivity contribution in [2.24, 2.45) is 10.9 Å². The lowest BCUT2D eigenvalue weighted by atomic mass is 10.0. The standard InChI is InChI=1S/C24H28ClN7O2/c1-16(2)14-21(30-23(34)29-19-6-4-17(25)5-7-19)22(33)28-18-8-10-20(11-9-18)32-13-12-31(3)24(32)27-15-26/h4-11,16,21H,12-14H2,1-3H3,(H,28,33)(H2,29,30,34)/b27-24+/t21-/m1/s1. The lowest BCUT2D eigenvalue weighted by Gasteiger charge is -2.21. The van der Waals surface area contributed by atoms with Crippen LogP contribution in [0.5, 0.6) is 0 Å². The first-order valence-corrected chi connectivity index (χ1v) is 11.3. The molecule has 3 amide bonds. The number of nitrogens with one attached hydrogen (secondary N) is 3. The van der Waals surface area contributed by atoms with E-state index in [-0.39, 0.29) is 11.8 Å². The number of benzene rings is 2. The number of anilines is 3. The summed E-state index contributed by atoms with van der Waals surface area (Å²) < 4.78 is 0. The molecule has 2 aromatic rings. The molecule has 178 valence electrons. The van der Waals surface area contributed by atoms with E-state index in [1.807, 2.05) is 49.0 Å². The minimum atomic E-state index is -0.714. The van der Waals surface area contributed by atoms with Gasteiger partial charge in [0.1, 0.15) is 6.04 Å². The molecule has 9 nitrogen and oxygen atoms in total. The molecule has 1 heterocycles. The normalized spacial score (nSPS) is 15.2. The van der Waals surface area contributed by atoms with Crippen molar-refractivity contribution in [3.63, 3.8) is 0 Å². The molecule has 0 aromatic heterocycles. The molecule has 0 saturated carbocycles. The highest BCUT2D eigenvalue weighted by Crippen LogP contribution is 2.22. The van der Waals surface area contributed by atoms with Crippen LogP contribution in [0.1, 0.15) is 20.3 Å². The van der Waals surface area contributed by atoms with Gasteiger partial charge in [-0.05, 0) is 60.9 Å². The van der Waals surface area contributed by atoms with Gasteiger partial charge in [0, 0.05) is 42.2 Å². The Morgan fingerprint density at radius 3 is 2.29 bits per heavy atom. The number of guanidine groups is 1.